The van der Waals surface area contributed by atoms with Gasteiger partial charge in [0.15, 0.2) is 0 Å². The van der Waals surface area contributed by atoms with E-state index in [2.05, 4.69) is 58.1 Å². The van der Waals surface area contributed by atoms with Crippen molar-refractivity contribution in [2.45, 2.75) is 9.92 Å². The van der Waals surface area contributed by atoms with Gasteiger partial charge in [0.1, 0.15) is 22.1 Å². The van der Waals surface area contributed by atoms with Crippen molar-refractivity contribution < 1.29 is 5.11 Å². The maximum Gasteiger partial charge on any atom is 0.149 e. The Kier molecular flexibility index (Phi) is 4.50. The SMILES string of the molecule is Oc1c2ccccc2cc2ccc(Sc3ccc4c5ccccc5n(-c5ccccn5)c4c3)nc12. The average molecular weight is 470 g/mol. The molecular weight excluding hydrogens is 450 g/mol. The van der Waals surface area contributed by atoms with Crippen molar-refractivity contribution in [1.82, 2.24) is 14.5 Å². The Bertz CT molecular complexity index is 1890. The molecule has 0 aliphatic rings. The van der Waals surface area contributed by atoms with Gasteiger partial charge in [-0.1, -0.05) is 66.4 Å². The molecule has 35 heavy (non-hydrogen) atoms. The third-order valence-electron chi connectivity index (χ3n) is 6.40. The largest absolute Gasteiger partial charge is 0.505 e. The number of benzene rings is 4. The first-order valence-electron chi connectivity index (χ1n) is 11.4. The molecule has 0 spiro atoms. The van der Waals surface area contributed by atoms with Gasteiger partial charge in [0.25, 0.3) is 0 Å². The van der Waals surface area contributed by atoms with E-state index in [9.17, 15) is 5.11 Å². The quantitative estimate of drug-likeness (QED) is 0.269. The van der Waals surface area contributed by atoms with Crippen molar-refractivity contribution in [3.05, 3.63) is 109 Å². The Morgan fingerprint density at radius 2 is 1.46 bits per heavy atom. The second kappa shape index (κ2) is 7.86. The molecule has 0 radical (unpaired) electrons. The summed E-state index contributed by atoms with van der Waals surface area (Å²) in [6.45, 7) is 0. The normalized spacial score (nSPS) is 11.7. The van der Waals surface area contributed by atoms with Crippen molar-refractivity contribution in [2.75, 3.05) is 0 Å². The molecule has 0 aliphatic carbocycles. The minimum atomic E-state index is 0.228. The molecule has 0 fully saturated rings. The summed E-state index contributed by atoms with van der Waals surface area (Å²) in [5, 5.41) is 16.9. The summed E-state index contributed by atoms with van der Waals surface area (Å²) in [5.74, 6) is 1.12. The Labute approximate surface area is 205 Å². The van der Waals surface area contributed by atoms with Crippen molar-refractivity contribution >= 4 is 55.2 Å². The van der Waals surface area contributed by atoms with Gasteiger partial charge < -0.3 is 5.11 Å². The summed E-state index contributed by atoms with van der Waals surface area (Å²) in [4.78, 5) is 10.5. The lowest BCUT2D eigenvalue weighted by atomic mass is 10.1. The molecule has 0 saturated heterocycles. The van der Waals surface area contributed by atoms with Crippen LogP contribution in [0.4, 0.5) is 0 Å². The smallest absolute Gasteiger partial charge is 0.149 e. The molecule has 0 unspecified atom stereocenters. The number of pyridine rings is 2. The van der Waals surface area contributed by atoms with Gasteiger partial charge >= 0.3 is 0 Å². The van der Waals surface area contributed by atoms with Crippen molar-refractivity contribution in [3.63, 3.8) is 0 Å². The maximum atomic E-state index is 10.9. The molecule has 166 valence electrons. The van der Waals surface area contributed by atoms with Gasteiger partial charge in [-0.3, -0.25) is 4.57 Å². The van der Waals surface area contributed by atoms with E-state index in [-0.39, 0.29) is 5.75 Å². The fourth-order valence-electron chi connectivity index (χ4n) is 4.82. The van der Waals surface area contributed by atoms with Crippen LogP contribution in [0.15, 0.2) is 119 Å². The highest BCUT2D eigenvalue weighted by atomic mass is 32.2. The second-order valence-corrected chi connectivity index (χ2v) is 9.58. The van der Waals surface area contributed by atoms with E-state index < -0.39 is 0 Å². The molecule has 3 aromatic heterocycles. The highest BCUT2D eigenvalue weighted by Gasteiger charge is 2.14. The lowest BCUT2D eigenvalue weighted by Gasteiger charge is -2.09. The van der Waals surface area contributed by atoms with Crippen LogP contribution in [0, 0.1) is 0 Å². The molecule has 7 rings (SSSR count). The molecule has 3 heterocycles. The van der Waals surface area contributed by atoms with Gasteiger partial charge in [-0.2, -0.15) is 0 Å². The molecule has 0 aliphatic heterocycles. The average Bonchev–Trinajstić information content (AvgIpc) is 3.23. The summed E-state index contributed by atoms with van der Waals surface area (Å²) >= 11 is 1.59. The number of fused-ring (bicyclic) bond motifs is 5. The van der Waals surface area contributed by atoms with Crippen LogP contribution in [0.2, 0.25) is 0 Å². The molecule has 0 atom stereocenters. The van der Waals surface area contributed by atoms with Crippen LogP contribution in [0.1, 0.15) is 0 Å². The first-order valence-corrected chi connectivity index (χ1v) is 12.2. The Hall–Kier alpha value is -4.35. The Morgan fingerprint density at radius 1 is 0.657 bits per heavy atom. The van der Waals surface area contributed by atoms with Crippen LogP contribution in [0.5, 0.6) is 5.75 Å². The zero-order chi connectivity index (χ0) is 23.4. The van der Waals surface area contributed by atoms with Gasteiger partial charge in [0.05, 0.1) is 11.0 Å². The molecule has 4 aromatic carbocycles. The maximum absolute atomic E-state index is 10.9. The summed E-state index contributed by atoms with van der Waals surface area (Å²) < 4.78 is 2.21. The standard InChI is InChI=1S/C30H19N3OS/c34-30-22-8-2-1-7-19(22)17-20-12-15-28(32-29(20)30)35-21-13-14-24-23-9-3-4-10-25(23)33(26(24)18-21)27-11-5-6-16-31-27/h1-18,34H. The van der Waals surface area contributed by atoms with Crippen molar-refractivity contribution in [3.8, 4) is 11.6 Å². The van der Waals surface area contributed by atoms with Gasteiger partial charge in [-0.15, -0.1) is 0 Å². The van der Waals surface area contributed by atoms with E-state index in [1.54, 1.807) is 11.8 Å². The summed E-state index contributed by atoms with van der Waals surface area (Å²) in [6.07, 6.45) is 1.82. The van der Waals surface area contributed by atoms with Crippen LogP contribution < -0.4 is 0 Å². The fourth-order valence-corrected chi connectivity index (χ4v) is 5.64. The second-order valence-electron chi connectivity index (χ2n) is 8.49. The zero-order valence-corrected chi connectivity index (χ0v) is 19.4. The molecule has 0 amide bonds. The molecule has 7 aromatic rings. The van der Waals surface area contributed by atoms with Crippen LogP contribution in [0.3, 0.4) is 0 Å². The van der Waals surface area contributed by atoms with Crippen molar-refractivity contribution in [2.24, 2.45) is 0 Å². The number of phenolic OH excluding ortho intramolecular Hbond substituents is 1. The topological polar surface area (TPSA) is 50.9 Å². The Balaban J connectivity index is 1.37. The number of phenols is 1. The first kappa shape index (κ1) is 20.1. The number of aromatic nitrogens is 3. The summed E-state index contributed by atoms with van der Waals surface area (Å²) in [5.41, 5.74) is 2.85. The Morgan fingerprint density at radius 3 is 2.34 bits per heavy atom. The van der Waals surface area contributed by atoms with E-state index >= 15 is 0 Å². The van der Waals surface area contributed by atoms with Crippen LogP contribution in [0.25, 0.3) is 49.3 Å². The van der Waals surface area contributed by atoms with Gasteiger partial charge in [-0.25, -0.2) is 9.97 Å². The molecule has 5 heteroatoms. The van der Waals surface area contributed by atoms with Gasteiger partial charge in [-0.05, 0) is 53.9 Å². The lowest BCUT2D eigenvalue weighted by molar-refractivity contribution is 0.486. The number of para-hydroxylation sites is 1. The highest BCUT2D eigenvalue weighted by molar-refractivity contribution is 7.99. The molecule has 0 bridgehead atoms. The third kappa shape index (κ3) is 3.24. The van der Waals surface area contributed by atoms with E-state index in [0.29, 0.717) is 5.52 Å². The highest BCUT2D eigenvalue weighted by Crippen LogP contribution is 2.38. The van der Waals surface area contributed by atoms with Crippen LogP contribution in [-0.4, -0.2) is 19.6 Å². The molecule has 4 nitrogen and oxygen atoms in total. The number of hydrogen-bond acceptors (Lipinski definition) is 4. The lowest BCUT2D eigenvalue weighted by Crippen LogP contribution is -1.96. The van der Waals surface area contributed by atoms with Crippen LogP contribution in [-0.2, 0) is 0 Å². The fraction of sp³-hybridized carbons (Fsp3) is 0. The van der Waals surface area contributed by atoms with Gasteiger partial charge in [0.2, 0.25) is 0 Å². The van der Waals surface area contributed by atoms with E-state index in [1.165, 1.54) is 10.8 Å². The monoisotopic (exact) mass is 469 g/mol. The minimum Gasteiger partial charge on any atom is -0.505 e. The summed E-state index contributed by atoms with van der Waals surface area (Å²) in [6, 6.07) is 34.9. The minimum absolute atomic E-state index is 0.228. The molecule has 1 N–H and O–H groups in total. The number of rotatable bonds is 3. The van der Waals surface area contributed by atoms with Gasteiger partial charge in [0, 0.05) is 32.6 Å². The third-order valence-corrected chi connectivity index (χ3v) is 7.32. The predicted molar refractivity (Wildman–Crippen MR) is 144 cm³/mol. The molecular formula is C30H19N3OS. The zero-order valence-electron chi connectivity index (χ0n) is 18.6. The van der Waals surface area contributed by atoms with E-state index in [0.717, 1.165) is 42.9 Å². The van der Waals surface area contributed by atoms with E-state index in [1.807, 2.05) is 60.8 Å². The van der Waals surface area contributed by atoms with Crippen LogP contribution >= 0.6 is 11.8 Å². The number of hydrogen-bond donors (Lipinski definition) is 1. The van der Waals surface area contributed by atoms with Crippen molar-refractivity contribution in [1.29, 1.82) is 0 Å². The van der Waals surface area contributed by atoms with E-state index in [4.69, 9.17) is 4.98 Å². The number of aromatic hydroxyl groups is 1. The number of nitrogens with zero attached hydrogens (tertiary/aromatic N) is 3. The first-order chi connectivity index (χ1) is 17.3. The predicted octanol–water partition coefficient (Wildman–Crippen LogP) is 7.74. The summed E-state index contributed by atoms with van der Waals surface area (Å²) in [7, 11) is 0. The molecule has 0 saturated carbocycles.